The Balaban J connectivity index is 1.55. The van der Waals surface area contributed by atoms with E-state index < -0.39 is 36.2 Å². The van der Waals surface area contributed by atoms with E-state index in [1.807, 2.05) is 37.3 Å². The standard InChI is InChI=1S/C22H24ClN3O5S/c1-11-18-17(32-20(11)23)8-14(24-18)21(30)25-13(7-12-5-3-2-4-6-12)19(29)22(31)26-9-15(27)16(28)10-26/h2-6,8,13,15-16,19,24,27-29H,7,9-10H2,1H3,(H,25,30)/t13?,15-,16+,19-/m1/s1. The molecule has 2 amide bonds. The number of halogens is 1. The predicted molar refractivity (Wildman–Crippen MR) is 122 cm³/mol. The molecule has 8 nitrogen and oxygen atoms in total. The lowest BCUT2D eigenvalue weighted by molar-refractivity contribution is -0.141. The Hall–Kier alpha value is -2.43. The van der Waals surface area contributed by atoms with Gasteiger partial charge in [-0.2, -0.15) is 0 Å². The van der Waals surface area contributed by atoms with Crippen LogP contribution in [0.5, 0.6) is 0 Å². The average molecular weight is 478 g/mol. The number of β-amino-alcohol motifs (C(OH)–C–C–N with tert-alkyl or cyclic N) is 2. The maximum atomic E-state index is 13.0. The highest BCUT2D eigenvalue weighted by atomic mass is 35.5. The van der Waals surface area contributed by atoms with Crippen LogP contribution in [0.1, 0.15) is 21.6 Å². The van der Waals surface area contributed by atoms with E-state index in [1.54, 1.807) is 6.07 Å². The lowest BCUT2D eigenvalue weighted by Gasteiger charge is -2.27. The first-order chi connectivity index (χ1) is 15.2. The van der Waals surface area contributed by atoms with Crippen molar-refractivity contribution in [1.82, 2.24) is 15.2 Å². The summed E-state index contributed by atoms with van der Waals surface area (Å²) >= 11 is 7.51. The first kappa shape index (κ1) is 22.8. The largest absolute Gasteiger partial charge is 0.388 e. The lowest BCUT2D eigenvalue weighted by atomic mass is 10.00. The van der Waals surface area contributed by atoms with Crippen LogP contribution in [0.4, 0.5) is 0 Å². The quantitative estimate of drug-likeness (QED) is 0.367. The molecule has 1 fully saturated rings. The first-order valence-corrected chi connectivity index (χ1v) is 11.4. The summed E-state index contributed by atoms with van der Waals surface area (Å²) in [6.07, 6.45) is -3.45. The zero-order valence-electron chi connectivity index (χ0n) is 17.3. The molecular weight excluding hydrogens is 454 g/mol. The fourth-order valence-electron chi connectivity index (χ4n) is 3.85. The van der Waals surface area contributed by atoms with Crippen LogP contribution in [0, 0.1) is 6.92 Å². The summed E-state index contributed by atoms with van der Waals surface area (Å²) in [6.45, 7) is 1.71. The van der Waals surface area contributed by atoms with E-state index in [2.05, 4.69) is 10.3 Å². The van der Waals surface area contributed by atoms with Gasteiger partial charge in [0, 0.05) is 18.7 Å². The van der Waals surface area contributed by atoms with E-state index in [9.17, 15) is 24.9 Å². The number of aromatic nitrogens is 1. The molecule has 1 aliphatic rings. The van der Waals surface area contributed by atoms with Crippen LogP contribution < -0.4 is 5.32 Å². The number of hydrogen-bond acceptors (Lipinski definition) is 6. The van der Waals surface area contributed by atoms with Gasteiger partial charge in [-0.3, -0.25) is 9.59 Å². The number of aromatic amines is 1. The Bertz CT molecular complexity index is 1120. The predicted octanol–water partition coefficient (Wildman–Crippen LogP) is 1.46. The van der Waals surface area contributed by atoms with Crippen LogP contribution in [0.15, 0.2) is 36.4 Å². The van der Waals surface area contributed by atoms with E-state index in [4.69, 9.17) is 11.6 Å². The third-order valence-electron chi connectivity index (χ3n) is 5.72. The highest BCUT2D eigenvalue weighted by Crippen LogP contribution is 2.34. The van der Waals surface area contributed by atoms with Crippen LogP contribution in [0.2, 0.25) is 4.34 Å². The van der Waals surface area contributed by atoms with Gasteiger partial charge >= 0.3 is 0 Å². The van der Waals surface area contributed by atoms with E-state index >= 15 is 0 Å². The molecule has 32 heavy (non-hydrogen) atoms. The minimum Gasteiger partial charge on any atom is -0.388 e. The third kappa shape index (κ3) is 4.53. The number of amides is 2. The summed E-state index contributed by atoms with van der Waals surface area (Å²) < 4.78 is 1.49. The number of aliphatic hydroxyl groups excluding tert-OH is 3. The number of nitrogens with zero attached hydrogens (tertiary/aromatic N) is 1. The van der Waals surface area contributed by atoms with Crippen molar-refractivity contribution < 1.29 is 24.9 Å². The molecule has 3 heterocycles. The Kier molecular flexibility index (Phi) is 6.55. The van der Waals surface area contributed by atoms with Gasteiger partial charge in [-0.05, 0) is 25.0 Å². The van der Waals surface area contributed by atoms with Crippen molar-refractivity contribution in [2.45, 2.75) is 37.7 Å². The first-order valence-electron chi connectivity index (χ1n) is 10.2. The van der Waals surface area contributed by atoms with E-state index in [0.29, 0.717) is 10.0 Å². The number of fused-ring (bicyclic) bond motifs is 1. The van der Waals surface area contributed by atoms with Gasteiger partial charge in [0.2, 0.25) is 0 Å². The molecule has 2 aromatic heterocycles. The van der Waals surface area contributed by atoms with E-state index in [-0.39, 0.29) is 19.5 Å². The highest BCUT2D eigenvalue weighted by molar-refractivity contribution is 7.22. The van der Waals surface area contributed by atoms with E-state index in [1.165, 1.54) is 16.2 Å². The summed E-state index contributed by atoms with van der Waals surface area (Å²) in [4.78, 5) is 30.1. The van der Waals surface area contributed by atoms with E-state index in [0.717, 1.165) is 21.3 Å². The fourth-order valence-corrected chi connectivity index (χ4v) is 5.13. The van der Waals surface area contributed by atoms with Crippen molar-refractivity contribution in [3.63, 3.8) is 0 Å². The summed E-state index contributed by atoms with van der Waals surface area (Å²) in [5.41, 5.74) is 2.77. The number of aliphatic hydroxyl groups is 3. The van der Waals surface area contributed by atoms with Crippen molar-refractivity contribution in [3.05, 3.63) is 57.6 Å². The number of likely N-dealkylation sites (tertiary alicyclic amines) is 1. The highest BCUT2D eigenvalue weighted by Gasteiger charge is 2.38. The van der Waals surface area contributed by atoms with Gasteiger partial charge in [0.05, 0.1) is 32.8 Å². The zero-order valence-corrected chi connectivity index (χ0v) is 18.9. The molecule has 0 spiro atoms. The van der Waals surface area contributed by atoms with Crippen LogP contribution >= 0.6 is 22.9 Å². The van der Waals surface area contributed by atoms with Gasteiger partial charge in [0.15, 0.2) is 6.10 Å². The molecule has 0 radical (unpaired) electrons. The van der Waals surface area contributed by atoms with Crippen molar-refractivity contribution in [1.29, 1.82) is 0 Å². The van der Waals surface area contributed by atoms with Gasteiger partial charge in [0.25, 0.3) is 11.8 Å². The molecule has 5 N–H and O–H groups in total. The average Bonchev–Trinajstić information content (AvgIpc) is 3.42. The molecule has 1 aliphatic heterocycles. The van der Waals surface area contributed by atoms with Crippen molar-refractivity contribution in [2.75, 3.05) is 13.1 Å². The summed E-state index contributed by atoms with van der Waals surface area (Å²) in [5.74, 6) is -1.12. The number of carbonyl (C=O) groups excluding carboxylic acids is 2. The molecule has 4 atom stereocenters. The van der Waals surface area contributed by atoms with Crippen molar-refractivity contribution >= 4 is 45.0 Å². The topological polar surface area (TPSA) is 126 Å². The molecule has 3 aromatic rings. The molecular formula is C22H24ClN3O5S. The maximum Gasteiger partial charge on any atom is 0.268 e. The lowest BCUT2D eigenvalue weighted by Crippen LogP contribution is -2.52. The normalized spacial score (nSPS) is 20.5. The van der Waals surface area contributed by atoms with Gasteiger partial charge < -0.3 is 30.5 Å². The molecule has 170 valence electrons. The Morgan fingerprint density at radius 3 is 2.53 bits per heavy atom. The SMILES string of the molecule is Cc1c(Cl)sc2cc(C(=O)NC(Cc3ccccc3)[C@@H](O)C(=O)N3C[C@@H](O)[C@@H](O)C3)[nH]c12. The Labute approximate surface area is 193 Å². The van der Waals surface area contributed by atoms with Crippen LogP contribution in [-0.4, -0.2) is 74.5 Å². The van der Waals surface area contributed by atoms with Crippen molar-refractivity contribution in [2.24, 2.45) is 0 Å². The number of aryl methyl sites for hydroxylation is 1. The second-order valence-corrected chi connectivity index (χ2v) is 9.67. The molecule has 1 aromatic carbocycles. The number of carbonyl (C=O) groups is 2. The number of rotatable bonds is 6. The molecule has 1 unspecified atom stereocenters. The van der Waals surface area contributed by atoms with Gasteiger partial charge in [0.1, 0.15) is 5.69 Å². The van der Waals surface area contributed by atoms with Gasteiger partial charge in [-0.1, -0.05) is 41.9 Å². The van der Waals surface area contributed by atoms with Crippen LogP contribution in [0.3, 0.4) is 0 Å². The zero-order chi connectivity index (χ0) is 23.0. The summed E-state index contributed by atoms with van der Waals surface area (Å²) in [6, 6.07) is 9.98. The monoisotopic (exact) mass is 477 g/mol. The summed E-state index contributed by atoms with van der Waals surface area (Å²) in [5, 5.41) is 33.1. The number of hydrogen-bond donors (Lipinski definition) is 5. The van der Waals surface area contributed by atoms with Gasteiger partial charge in [-0.25, -0.2) is 0 Å². The number of benzene rings is 1. The fraction of sp³-hybridized carbons (Fsp3) is 0.364. The Morgan fingerprint density at radius 1 is 1.25 bits per heavy atom. The molecule has 0 aliphatic carbocycles. The van der Waals surface area contributed by atoms with Crippen LogP contribution in [0.25, 0.3) is 10.2 Å². The minimum atomic E-state index is -1.55. The van der Waals surface area contributed by atoms with Gasteiger partial charge in [-0.15, -0.1) is 11.3 Å². The minimum absolute atomic E-state index is 0.0734. The summed E-state index contributed by atoms with van der Waals surface area (Å²) in [7, 11) is 0. The van der Waals surface area contributed by atoms with Crippen molar-refractivity contribution in [3.8, 4) is 0 Å². The Morgan fingerprint density at radius 2 is 1.91 bits per heavy atom. The molecule has 0 saturated carbocycles. The third-order valence-corrected chi connectivity index (χ3v) is 7.26. The molecule has 4 rings (SSSR count). The number of nitrogens with one attached hydrogen (secondary N) is 2. The second-order valence-electron chi connectivity index (χ2n) is 8.02. The van der Waals surface area contributed by atoms with Crippen LogP contribution in [-0.2, 0) is 11.2 Å². The smallest absolute Gasteiger partial charge is 0.268 e. The molecule has 0 bridgehead atoms. The molecule has 1 saturated heterocycles. The number of thiophene rings is 1. The molecule has 10 heteroatoms. The maximum absolute atomic E-state index is 13.0. The number of H-pyrrole nitrogens is 1. The second kappa shape index (κ2) is 9.21.